The number of rotatable bonds is 9. The summed E-state index contributed by atoms with van der Waals surface area (Å²) in [6.07, 6.45) is 4.15. The Balaban J connectivity index is 1.74. The molecule has 1 aliphatic carbocycles. The first kappa shape index (κ1) is 22.2. The first-order valence-electron chi connectivity index (χ1n) is 10.4. The van der Waals surface area contributed by atoms with E-state index in [-0.39, 0.29) is 16.4 Å². The van der Waals surface area contributed by atoms with E-state index in [1.807, 2.05) is 19.2 Å². The second-order valence-corrected chi connectivity index (χ2v) is 8.25. The minimum absolute atomic E-state index is 0.0309. The highest BCUT2D eigenvalue weighted by atomic mass is 35.5. The molecule has 1 aromatic heterocycles. The molecule has 1 N–H and O–H groups in total. The Kier molecular flexibility index (Phi) is 6.17. The van der Waals surface area contributed by atoms with Crippen LogP contribution in [0.3, 0.4) is 0 Å². The average molecular weight is 458 g/mol. The number of nitrogens with one attached hydrogen (secondary N) is 1. The van der Waals surface area contributed by atoms with Crippen LogP contribution in [0.4, 0.5) is 15.9 Å². The predicted molar refractivity (Wildman–Crippen MR) is 123 cm³/mol. The van der Waals surface area contributed by atoms with Crippen molar-refractivity contribution in [1.29, 1.82) is 0 Å². The summed E-state index contributed by atoms with van der Waals surface area (Å²) in [5.74, 6) is 0.618. The zero-order valence-corrected chi connectivity index (χ0v) is 19.0. The number of hydrogen-bond acceptors (Lipinski definition) is 6. The monoisotopic (exact) mass is 457 g/mol. The lowest BCUT2D eigenvalue weighted by Crippen LogP contribution is -2.48. The highest BCUT2D eigenvalue weighted by Crippen LogP contribution is 2.45. The highest BCUT2D eigenvalue weighted by molar-refractivity contribution is 6.31. The number of hydrogen-bond donors (Lipinski definition) is 1. The maximum atomic E-state index is 14.5. The maximum Gasteiger partial charge on any atom is 0.210 e. The van der Waals surface area contributed by atoms with E-state index in [2.05, 4.69) is 27.1 Å². The van der Waals surface area contributed by atoms with E-state index in [0.717, 1.165) is 36.7 Å². The quantitative estimate of drug-likeness (QED) is 0.375. The highest BCUT2D eigenvalue weighted by Gasteiger charge is 2.50. The molecular weight excluding hydrogens is 433 g/mol. The molecule has 0 aliphatic heterocycles. The number of halogens is 2. The van der Waals surface area contributed by atoms with E-state index in [4.69, 9.17) is 16.3 Å². The molecule has 4 rings (SSSR count). The summed E-state index contributed by atoms with van der Waals surface area (Å²) < 4.78 is 20.1. The second-order valence-electron chi connectivity index (χ2n) is 7.84. The number of nitrogens with zero attached hydrogens (tertiary/aromatic N) is 4. The van der Waals surface area contributed by atoms with Gasteiger partial charge in [0, 0.05) is 30.6 Å². The lowest BCUT2D eigenvalue weighted by molar-refractivity contribution is -0.124. The van der Waals surface area contributed by atoms with Crippen molar-refractivity contribution in [3.8, 4) is 5.75 Å². The van der Waals surface area contributed by atoms with Crippen molar-refractivity contribution in [3.05, 3.63) is 53.1 Å². The first-order valence-corrected chi connectivity index (χ1v) is 10.8. The fraction of sp³-hybridized carbons (Fsp3) is 0.348. The van der Waals surface area contributed by atoms with Crippen molar-refractivity contribution >= 4 is 40.4 Å². The minimum Gasteiger partial charge on any atom is -0.496 e. The lowest BCUT2D eigenvalue weighted by atomic mass is 10.1. The maximum absolute atomic E-state index is 14.5. The van der Waals surface area contributed by atoms with Gasteiger partial charge in [-0.2, -0.15) is 0 Å². The number of anilines is 2. The molecule has 1 heterocycles. The zero-order valence-electron chi connectivity index (χ0n) is 18.2. The zero-order chi connectivity index (χ0) is 22.9. The van der Waals surface area contributed by atoms with Crippen LogP contribution in [0, 0.1) is 5.82 Å². The molecule has 9 heteroatoms. The summed E-state index contributed by atoms with van der Waals surface area (Å²) >= 11 is 5.92. The number of ether oxygens (including phenoxy) is 1. The molecule has 168 valence electrons. The van der Waals surface area contributed by atoms with Crippen LogP contribution in [0.1, 0.15) is 25.3 Å². The number of aromatic nitrogens is 2. The van der Waals surface area contributed by atoms with Gasteiger partial charge in [0.1, 0.15) is 17.9 Å². The Bertz CT molecular complexity index is 1150. The Hall–Kier alpha value is -2.97. The minimum atomic E-state index is -0.542. The third-order valence-electron chi connectivity index (χ3n) is 6.09. The van der Waals surface area contributed by atoms with Gasteiger partial charge >= 0.3 is 0 Å². The van der Waals surface area contributed by atoms with Crippen molar-refractivity contribution < 1.29 is 13.9 Å². The van der Waals surface area contributed by atoms with Gasteiger partial charge in [-0.05, 0) is 37.6 Å². The van der Waals surface area contributed by atoms with Gasteiger partial charge in [-0.1, -0.05) is 24.6 Å². The molecule has 0 saturated heterocycles. The molecule has 3 aromatic rings. The number of fused-ring (bicyclic) bond motifs is 1. The number of benzene rings is 2. The third kappa shape index (κ3) is 3.96. The Morgan fingerprint density at radius 3 is 2.75 bits per heavy atom. The standard InChI is InChI=1S/C23H25ClFN5O2/c1-4-30(23(8-9-23)29(2)14-31)12-15-10-16-19(11-20(15)32-3)26-13-27-22(16)28-18-7-5-6-17(24)21(18)25/h5-7,10-11,13-14H,4,8-9,12H2,1-3H3,(H,26,27,28). The van der Waals surface area contributed by atoms with Crippen LogP contribution in [-0.2, 0) is 11.3 Å². The molecule has 0 unspecified atom stereocenters. The van der Waals surface area contributed by atoms with Crippen molar-refractivity contribution in [1.82, 2.24) is 19.8 Å². The molecule has 0 bridgehead atoms. The van der Waals surface area contributed by atoms with Crippen molar-refractivity contribution in [3.63, 3.8) is 0 Å². The number of carbonyl (C=O) groups is 1. The average Bonchev–Trinajstić information content (AvgIpc) is 3.61. The van der Waals surface area contributed by atoms with Crippen LogP contribution < -0.4 is 10.1 Å². The fourth-order valence-electron chi connectivity index (χ4n) is 4.13. The Labute approximate surface area is 191 Å². The third-order valence-corrected chi connectivity index (χ3v) is 6.38. The molecule has 0 atom stereocenters. The summed E-state index contributed by atoms with van der Waals surface area (Å²) in [6.45, 7) is 3.42. The van der Waals surface area contributed by atoms with Gasteiger partial charge in [0.25, 0.3) is 0 Å². The van der Waals surface area contributed by atoms with Gasteiger partial charge in [-0.15, -0.1) is 0 Å². The summed E-state index contributed by atoms with van der Waals surface area (Å²) in [7, 11) is 3.43. The van der Waals surface area contributed by atoms with Gasteiger partial charge in [0.2, 0.25) is 6.41 Å². The van der Waals surface area contributed by atoms with Crippen LogP contribution in [0.25, 0.3) is 10.9 Å². The fourth-order valence-corrected chi connectivity index (χ4v) is 4.31. The summed E-state index contributed by atoms with van der Waals surface area (Å²) in [5.41, 5.74) is 1.56. The number of carbonyl (C=O) groups excluding carboxylic acids is 1. The van der Waals surface area contributed by atoms with Crippen LogP contribution in [-0.4, -0.2) is 52.5 Å². The molecule has 1 aliphatic rings. The van der Waals surface area contributed by atoms with E-state index in [9.17, 15) is 9.18 Å². The number of methoxy groups -OCH3 is 1. The second kappa shape index (κ2) is 8.88. The van der Waals surface area contributed by atoms with Crippen LogP contribution in [0.5, 0.6) is 5.75 Å². The van der Waals surface area contributed by atoms with E-state index in [1.165, 1.54) is 12.4 Å². The van der Waals surface area contributed by atoms with Crippen molar-refractivity contribution in [2.75, 3.05) is 26.0 Å². The molecule has 0 spiro atoms. The predicted octanol–water partition coefficient (Wildman–Crippen LogP) is 4.57. The largest absolute Gasteiger partial charge is 0.496 e. The van der Waals surface area contributed by atoms with Crippen LogP contribution >= 0.6 is 11.6 Å². The Morgan fingerprint density at radius 2 is 2.09 bits per heavy atom. The van der Waals surface area contributed by atoms with Gasteiger partial charge < -0.3 is 15.0 Å². The first-order chi connectivity index (χ1) is 15.4. The van der Waals surface area contributed by atoms with Gasteiger partial charge in [-0.25, -0.2) is 14.4 Å². The topological polar surface area (TPSA) is 70.6 Å². The molecule has 1 saturated carbocycles. The van der Waals surface area contributed by atoms with Crippen LogP contribution in [0.15, 0.2) is 36.7 Å². The molecule has 32 heavy (non-hydrogen) atoms. The van der Waals surface area contributed by atoms with Crippen molar-refractivity contribution in [2.45, 2.75) is 32.0 Å². The molecule has 7 nitrogen and oxygen atoms in total. The molecular formula is C23H25ClFN5O2. The normalized spacial score (nSPS) is 14.4. The van der Waals surface area contributed by atoms with Crippen molar-refractivity contribution in [2.24, 2.45) is 0 Å². The smallest absolute Gasteiger partial charge is 0.210 e. The molecule has 1 amide bonds. The SMILES string of the molecule is CCN(Cc1cc2c(Nc3cccc(Cl)c3F)ncnc2cc1OC)C1(N(C)C=O)CC1. The molecule has 0 radical (unpaired) electrons. The molecule has 1 fully saturated rings. The van der Waals surface area contributed by atoms with Gasteiger partial charge in [0.15, 0.2) is 5.82 Å². The molecule has 2 aromatic carbocycles. The van der Waals surface area contributed by atoms with E-state index >= 15 is 0 Å². The van der Waals surface area contributed by atoms with E-state index in [1.54, 1.807) is 24.1 Å². The number of amides is 1. The van der Waals surface area contributed by atoms with Gasteiger partial charge in [-0.3, -0.25) is 9.69 Å². The summed E-state index contributed by atoms with van der Waals surface area (Å²) in [4.78, 5) is 24.1. The summed E-state index contributed by atoms with van der Waals surface area (Å²) in [5, 5.41) is 3.80. The van der Waals surface area contributed by atoms with Crippen LogP contribution in [0.2, 0.25) is 5.02 Å². The van der Waals surface area contributed by atoms with E-state index in [0.29, 0.717) is 23.6 Å². The Morgan fingerprint density at radius 1 is 1.31 bits per heavy atom. The lowest BCUT2D eigenvalue weighted by Gasteiger charge is -2.36. The van der Waals surface area contributed by atoms with Gasteiger partial charge in [0.05, 0.1) is 29.0 Å². The van der Waals surface area contributed by atoms with E-state index < -0.39 is 5.82 Å². The summed E-state index contributed by atoms with van der Waals surface area (Å²) in [6, 6.07) is 8.57.